The molecule has 0 bridgehead atoms. The number of imidazole rings is 1. The van der Waals surface area contributed by atoms with Gasteiger partial charge in [-0.3, -0.25) is 4.79 Å². The first-order valence-corrected chi connectivity index (χ1v) is 5.05. The molecule has 0 amide bonds. The van der Waals surface area contributed by atoms with Crippen LogP contribution in [-0.2, 0) is 21.1 Å². The van der Waals surface area contributed by atoms with Crippen LogP contribution in [0.15, 0.2) is 36.7 Å². The summed E-state index contributed by atoms with van der Waals surface area (Å²) < 4.78 is 1.76. The zero-order chi connectivity index (χ0) is 11.1. The maximum Gasteiger partial charge on any atom is 0.152 e. The summed E-state index contributed by atoms with van der Waals surface area (Å²) in [7, 11) is 0. The van der Waals surface area contributed by atoms with Gasteiger partial charge in [0, 0.05) is 27.4 Å². The molecule has 0 atom stereocenters. The summed E-state index contributed by atoms with van der Waals surface area (Å²) in [6.45, 7) is 1.57. The van der Waals surface area contributed by atoms with Crippen molar-refractivity contribution in [2.75, 3.05) is 0 Å². The molecule has 0 aliphatic carbocycles. The van der Waals surface area contributed by atoms with Gasteiger partial charge in [-0.25, -0.2) is 0 Å². The summed E-state index contributed by atoms with van der Waals surface area (Å²) >= 11 is 0. The topological polar surface area (TPSA) is 34.4 Å². The number of benzene rings is 1. The van der Waals surface area contributed by atoms with E-state index in [1.165, 1.54) is 0 Å². The quantitative estimate of drug-likeness (QED) is 0.471. The Kier molecular flexibility index (Phi) is 3.12. The molecular weight excluding hydrogens is 384 g/mol. The van der Waals surface area contributed by atoms with Crippen LogP contribution in [0, 0.1) is 6.33 Å². The number of aromatic nitrogens is 2. The number of carbonyl (C=O) groups is 1. The van der Waals surface area contributed by atoms with Crippen molar-refractivity contribution in [3.05, 3.63) is 48.5 Å². The number of hydrogen-bond donors (Lipinski definition) is 0. The number of nitrogens with zero attached hydrogens (tertiary/aromatic N) is 2. The number of ketones is 1. The molecule has 84 valence electrons. The van der Waals surface area contributed by atoms with Gasteiger partial charge in [0.05, 0.1) is 0 Å². The second-order valence-corrected chi connectivity index (χ2v) is 3.76. The van der Waals surface area contributed by atoms with E-state index in [1.807, 2.05) is 24.3 Å². The maximum atomic E-state index is 11.6. The van der Waals surface area contributed by atoms with E-state index in [1.54, 1.807) is 23.7 Å². The van der Waals surface area contributed by atoms with Gasteiger partial charge in [-0.05, 0) is 23.3 Å². The first-order valence-electron chi connectivity index (χ1n) is 5.05. The van der Waals surface area contributed by atoms with Crippen molar-refractivity contribution in [2.24, 2.45) is 0 Å². The molecule has 0 radical (unpaired) electrons. The monoisotopic (exact) mass is 393 g/mol. The predicted octanol–water partition coefficient (Wildman–Crippen LogP) is 2.49. The van der Waals surface area contributed by atoms with E-state index in [-0.39, 0.29) is 26.8 Å². The van der Waals surface area contributed by atoms with Gasteiger partial charge in [-0.2, -0.15) is 0 Å². The van der Waals surface area contributed by atoms with Gasteiger partial charge in [0.1, 0.15) is 0 Å². The van der Waals surface area contributed by atoms with Crippen LogP contribution >= 0.6 is 0 Å². The van der Waals surface area contributed by atoms with E-state index in [9.17, 15) is 4.79 Å². The number of fused-ring (bicyclic) bond motifs is 3. The van der Waals surface area contributed by atoms with E-state index in [0.29, 0.717) is 5.56 Å². The molecule has 0 saturated carbocycles. The molecular formula is C13H9N2OW-. The minimum Gasteiger partial charge on any atom is -0.432 e. The van der Waals surface area contributed by atoms with Crippen LogP contribution in [0.2, 0.25) is 0 Å². The molecule has 17 heavy (non-hydrogen) atoms. The average molecular weight is 393 g/mol. The van der Waals surface area contributed by atoms with Crippen molar-refractivity contribution in [3.8, 4) is 0 Å². The molecule has 1 aromatic carbocycles. The molecule has 0 N–H and O–H groups in total. The molecule has 0 aliphatic heterocycles. The summed E-state index contributed by atoms with van der Waals surface area (Å²) in [6, 6.07) is 7.84. The summed E-state index contributed by atoms with van der Waals surface area (Å²) in [5.41, 5.74) is 1.68. The molecule has 0 aliphatic rings. The van der Waals surface area contributed by atoms with Gasteiger partial charge in [0.15, 0.2) is 5.78 Å². The molecule has 0 saturated heterocycles. The van der Waals surface area contributed by atoms with E-state index in [2.05, 4.69) is 11.3 Å². The smallest absolute Gasteiger partial charge is 0.152 e. The third-order valence-electron chi connectivity index (χ3n) is 2.74. The zero-order valence-corrected chi connectivity index (χ0v) is 12.1. The standard InChI is InChI=1S/C13H9N2O.W/c1-9(16)12-7-15-8-14-6-13(15)11-5-3-2-4-10(11)12;/h2-7H,1H3;/q-1;. The van der Waals surface area contributed by atoms with Gasteiger partial charge in [0.2, 0.25) is 0 Å². The minimum atomic E-state index is 0. The van der Waals surface area contributed by atoms with Gasteiger partial charge in [-0.15, -0.1) is 0 Å². The second-order valence-electron chi connectivity index (χ2n) is 3.76. The predicted molar refractivity (Wildman–Crippen MR) is 61.5 cm³/mol. The Hall–Kier alpha value is -1.47. The van der Waals surface area contributed by atoms with Gasteiger partial charge in [0.25, 0.3) is 0 Å². The maximum absolute atomic E-state index is 11.6. The fourth-order valence-corrected chi connectivity index (χ4v) is 1.99. The normalized spacial score (nSPS) is 10.4. The Bertz CT molecular complexity index is 703. The number of rotatable bonds is 1. The number of Topliss-reactive ketones (excluding diaryl/α,β-unsaturated/α-hetero) is 1. The third-order valence-corrected chi connectivity index (χ3v) is 2.74. The van der Waals surface area contributed by atoms with Crippen LogP contribution in [0.4, 0.5) is 0 Å². The van der Waals surface area contributed by atoms with Crippen molar-refractivity contribution in [1.29, 1.82) is 0 Å². The summed E-state index contributed by atoms with van der Waals surface area (Å²) in [4.78, 5) is 15.6. The Labute approximate surface area is 113 Å². The summed E-state index contributed by atoms with van der Waals surface area (Å²) in [5.74, 6) is 0.0557. The van der Waals surface area contributed by atoms with E-state index < -0.39 is 0 Å². The molecule has 0 unspecified atom stereocenters. The van der Waals surface area contributed by atoms with E-state index >= 15 is 0 Å². The van der Waals surface area contributed by atoms with Gasteiger partial charge < -0.3 is 9.38 Å². The molecule has 0 fully saturated rings. The number of carbonyl (C=O) groups excluding carboxylic acids is 1. The van der Waals surface area contributed by atoms with Crippen LogP contribution in [0.1, 0.15) is 17.3 Å². The van der Waals surface area contributed by atoms with Crippen LogP contribution < -0.4 is 0 Å². The van der Waals surface area contributed by atoms with Crippen LogP contribution in [0.25, 0.3) is 16.3 Å². The average Bonchev–Trinajstić information content (AvgIpc) is 2.75. The summed E-state index contributed by atoms with van der Waals surface area (Å²) in [6.07, 6.45) is 6.36. The van der Waals surface area contributed by atoms with Crippen molar-refractivity contribution in [3.63, 3.8) is 0 Å². The molecule has 3 rings (SSSR count). The Morgan fingerprint density at radius 1 is 1.29 bits per heavy atom. The Morgan fingerprint density at radius 3 is 2.71 bits per heavy atom. The van der Waals surface area contributed by atoms with Crippen molar-refractivity contribution < 1.29 is 25.9 Å². The molecule has 4 heteroatoms. The molecule has 3 nitrogen and oxygen atoms in total. The fourth-order valence-electron chi connectivity index (χ4n) is 1.99. The Balaban J connectivity index is 0.00000108. The van der Waals surface area contributed by atoms with Crippen molar-refractivity contribution in [1.82, 2.24) is 9.38 Å². The van der Waals surface area contributed by atoms with Crippen LogP contribution in [0.5, 0.6) is 0 Å². The number of pyridine rings is 1. The van der Waals surface area contributed by atoms with E-state index in [4.69, 9.17) is 0 Å². The van der Waals surface area contributed by atoms with Gasteiger partial charge in [-0.1, -0.05) is 42.2 Å². The van der Waals surface area contributed by atoms with Crippen LogP contribution in [-0.4, -0.2) is 15.2 Å². The largest absolute Gasteiger partial charge is 0.432 e. The summed E-state index contributed by atoms with van der Waals surface area (Å²) in [5, 5.41) is 2.00. The van der Waals surface area contributed by atoms with Crippen LogP contribution in [0.3, 0.4) is 0 Å². The molecule has 0 spiro atoms. The second kappa shape index (κ2) is 4.42. The fraction of sp³-hybridized carbons (Fsp3) is 0.0769. The first-order chi connectivity index (χ1) is 7.77. The number of hydrogen-bond acceptors (Lipinski definition) is 2. The molecule has 2 aromatic heterocycles. The third kappa shape index (κ3) is 1.81. The molecule has 2 heterocycles. The zero-order valence-electron chi connectivity index (χ0n) is 9.18. The van der Waals surface area contributed by atoms with E-state index in [0.717, 1.165) is 16.3 Å². The SMILES string of the molecule is CC(=O)c1cn2[c-]ncc2c2ccccc12.[W]. The van der Waals surface area contributed by atoms with Crippen molar-refractivity contribution in [2.45, 2.75) is 6.92 Å². The van der Waals surface area contributed by atoms with Gasteiger partial charge >= 0.3 is 0 Å². The van der Waals surface area contributed by atoms with Crippen molar-refractivity contribution >= 4 is 22.1 Å². The minimum absolute atomic E-state index is 0. The first kappa shape index (κ1) is 12.0. The Morgan fingerprint density at radius 2 is 2.00 bits per heavy atom. The molecule has 3 aromatic rings.